The van der Waals surface area contributed by atoms with E-state index in [1.807, 2.05) is 31.2 Å². The first kappa shape index (κ1) is 25.1. The van der Waals surface area contributed by atoms with Crippen LogP contribution in [0.25, 0.3) is 0 Å². The van der Waals surface area contributed by atoms with E-state index >= 15 is 0 Å². The third-order valence-corrected chi connectivity index (χ3v) is 4.90. The Balaban J connectivity index is 1.39. The zero-order valence-electron chi connectivity index (χ0n) is 19.4. The van der Waals surface area contributed by atoms with E-state index in [-0.39, 0.29) is 42.8 Å². The molecule has 12 nitrogen and oxygen atoms in total. The number of nitrogens with zero attached hydrogens (tertiary/aromatic N) is 5. The summed E-state index contributed by atoms with van der Waals surface area (Å²) in [6, 6.07) is 9.04. The van der Waals surface area contributed by atoms with Crippen molar-refractivity contribution in [2.24, 2.45) is 0 Å². The van der Waals surface area contributed by atoms with Crippen molar-refractivity contribution in [1.29, 1.82) is 0 Å². The molecule has 0 bridgehead atoms. The molecule has 0 aliphatic carbocycles. The zero-order valence-corrected chi connectivity index (χ0v) is 19.4. The lowest BCUT2D eigenvalue weighted by atomic mass is 10.2. The number of nitrogens with one attached hydrogen (secondary N) is 1. The molecule has 3 rings (SSSR count). The lowest BCUT2D eigenvalue weighted by molar-refractivity contribution is -0.386. The van der Waals surface area contributed by atoms with Crippen molar-refractivity contribution in [3.05, 3.63) is 70.8 Å². The number of carbonyl (C=O) groups is 2. The number of pyridine rings is 1. The normalized spacial score (nSPS) is 10.5. The predicted molar refractivity (Wildman–Crippen MR) is 126 cm³/mol. The van der Waals surface area contributed by atoms with Crippen molar-refractivity contribution in [3.63, 3.8) is 0 Å². The molecule has 2 heterocycles. The topological polar surface area (TPSA) is 142 Å². The summed E-state index contributed by atoms with van der Waals surface area (Å²) in [4.78, 5) is 40.2. The second kappa shape index (κ2) is 12.1. The highest BCUT2D eigenvalue weighted by Crippen LogP contribution is 2.24. The fraction of sp³-hybridized carbons (Fsp3) is 0.304. The van der Waals surface area contributed by atoms with E-state index in [0.717, 1.165) is 17.5 Å². The summed E-state index contributed by atoms with van der Waals surface area (Å²) in [5.41, 5.74) is 1.29. The number of hydrogen-bond acceptors (Lipinski definition) is 8. The predicted octanol–water partition coefficient (Wildman–Crippen LogP) is 2.44. The SMILES string of the molecule is Cc1ccc(OCCN(C)C(=O)Cn2cc(NC(=O)CCOc3ccncc3[N+](=O)[O-])cn2)cc1. The van der Waals surface area contributed by atoms with Crippen LogP contribution in [-0.2, 0) is 16.1 Å². The molecular weight excluding hydrogens is 456 g/mol. The summed E-state index contributed by atoms with van der Waals surface area (Å²) in [6.07, 6.45) is 5.39. The van der Waals surface area contributed by atoms with Crippen molar-refractivity contribution in [2.75, 3.05) is 32.1 Å². The van der Waals surface area contributed by atoms with Crippen LogP contribution in [-0.4, -0.2) is 63.2 Å². The molecule has 0 unspecified atom stereocenters. The number of aryl methyl sites for hydroxylation is 1. The fourth-order valence-electron chi connectivity index (χ4n) is 2.94. The minimum absolute atomic E-state index is 0.00568. The van der Waals surface area contributed by atoms with Crippen molar-refractivity contribution in [2.45, 2.75) is 19.9 Å². The molecule has 0 aliphatic rings. The third-order valence-electron chi connectivity index (χ3n) is 4.90. The van der Waals surface area contributed by atoms with Gasteiger partial charge in [-0.1, -0.05) is 17.7 Å². The first-order valence-electron chi connectivity index (χ1n) is 10.8. The molecular formula is C23H26N6O6. The van der Waals surface area contributed by atoms with Gasteiger partial charge in [-0.25, -0.2) is 0 Å². The van der Waals surface area contributed by atoms with Gasteiger partial charge >= 0.3 is 5.69 Å². The summed E-state index contributed by atoms with van der Waals surface area (Å²) >= 11 is 0. The Kier molecular flexibility index (Phi) is 8.70. The minimum Gasteiger partial charge on any atom is -0.492 e. The van der Waals surface area contributed by atoms with Gasteiger partial charge in [-0.3, -0.25) is 29.4 Å². The molecule has 0 spiro atoms. The number of rotatable bonds is 12. The maximum Gasteiger partial charge on any atom is 0.329 e. The zero-order chi connectivity index (χ0) is 25.2. The second-order valence-electron chi connectivity index (χ2n) is 7.65. The van der Waals surface area contributed by atoms with Crippen LogP contribution in [0.1, 0.15) is 12.0 Å². The largest absolute Gasteiger partial charge is 0.492 e. The highest BCUT2D eigenvalue weighted by Gasteiger charge is 2.15. The summed E-state index contributed by atoms with van der Waals surface area (Å²) in [5.74, 6) is 0.259. The van der Waals surface area contributed by atoms with Crippen LogP contribution in [0.2, 0.25) is 0 Å². The monoisotopic (exact) mass is 482 g/mol. The molecule has 3 aromatic rings. The number of carbonyl (C=O) groups excluding carboxylic acids is 2. The maximum atomic E-state index is 12.4. The van der Waals surface area contributed by atoms with E-state index in [9.17, 15) is 19.7 Å². The van der Waals surface area contributed by atoms with Crippen molar-refractivity contribution >= 4 is 23.2 Å². The van der Waals surface area contributed by atoms with E-state index < -0.39 is 4.92 Å². The quantitative estimate of drug-likeness (QED) is 0.306. The van der Waals surface area contributed by atoms with Gasteiger partial charge in [0.05, 0.1) is 36.4 Å². The van der Waals surface area contributed by atoms with Crippen LogP contribution in [0.15, 0.2) is 55.1 Å². The molecule has 2 amide bonds. The Hall–Kier alpha value is -4.48. The summed E-state index contributed by atoms with van der Waals surface area (Å²) < 4.78 is 12.4. The van der Waals surface area contributed by atoms with Crippen molar-refractivity contribution in [3.8, 4) is 11.5 Å². The molecule has 0 fully saturated rings. The first-order valence-corrected chi connectivity index (χ1v) is 10.8. The van der Waals surface area contributed by atoms with Gasteiger partial charge < -0.3 is 19.7 Å². The summed E-state index contributed by atoms with van der Waals surface area (Å²) in [5, 5.41) is 17.7. The molecule has 184 valence electrons. The van der Waals surface area contributed by atoms with Crippen molar-refractivity contribution < 1.29 is 24.0 Å². The van der Waals surface area contributed by atoms with E-state index in [2.05, 4.69) is 15.4 Å². The van der Waals surface area contributed by atoms with Crippen LogP contribution >= 0.6 is 0 Å². The number of ether oxygens (including phenoxy) is 2. The molecule has 35 heavy (non-hydrogen) atoms. The first-order chi connectivity index (χ1) is 16.8. The number of nitro groups is 1. The average Bonchev–Trinajstić information content (AvgIpc) is 3.26. The number of benzene rings is 1. The van der Waals surface area contributed by atoms with Gasteiger partial charge in [-0.05, 0) is 19.1 Å². The lowest BCUT2D eigenvalue weighted by Gasteiger charge is -2.17. The molecule has 1 N–H and O–H groups in total. The fourth-order valence-corrected chi connectivity index (χ4v) is 2.94. The summed E-state index contributed by atoms with van der Waals surface area (Å²) in [6.45, 7) is 2.71. The molecule has 1 aromatic carbocycles. The summed E-state index contributed by atoms with van der Waals surface area (Å²) in [7, 11) is 1.68. The Morgan fingerprint density at radius 2 is 1.91 bits per heavy atom. The molecule has 0 saturated heterocycles. The van der Waals surface area contributed by atoms with Crippen LogP contribution in [0.4, 0.5) is 11.4 Å². The molecule has 0 atom stereocenters. The number of anilines is 1. The molecule has 12 heteroatoms. The van der Waals surface area contributed by atoms with Gasteiger partial charge in [0.15, 0.2) is 5.75 Å². The highest BCUT2D eigenvalue weighted by atomic mass is 16.6. The Labute approximate surface area is 201 Å². The van der Waals surface area contributed by atoms with Crippen LogP contribution in [0, 0.1) is 17.0 Å². The van der Waals surface area contributed by atoms with E-state index in [0.29, 0.717) is 18.8 Å². The lowest BCUT2D eigenvalue weighted by Crippen LogP contribution is -2.33. The van der Waals surface area contributed by atoms with Crippen LogP contribution in [0.5, 0.6) is 11.5 Å². The Morgan fingerprint density at radius 1 is 1.14 bits per heavy atom. The van der Waals surface area contributed by atoms with E-state index in [1.165, 1.54) is 23.1 Å². The van der Waals surface area contributed by atoms with E-state index in [4.69, 9.17) is 9.47 Å². The molecule has 0 saturated carbocycles. The average molecular weight is 482 g/mol. The smallest absolute Gasteiger partial charge is 0.329 e. The molecule has 0 aliphatic heterocycles. The standard InChI is InChI=1S/C23H26N6O6/c1-17-3-5-19(6-4-17)34-12-10-27(2)23(31)16-28-15-18(13-25-28)26-22(30)8-11-35-21-7-9-24-14-20(21)29(32)33/h3-7,9,13-15H,8,10-12,16H2,1-2H3,(H,26,30). The number of likely N-dealkylation sites (N-methyl/N-ethyl adjacent to an activating group) is 1. The van der Waals surface area contributed by atoms with Crippen LogP contribution < -0.4 is 14.8 Å². The maximum absolute atomic E-state index is 12.4. The van der Waals surface area contributed by atoms with Gasteiger partial charge in [0.2, 0.25) is 11.8 Å². The minimum atomic E-state index is -0.605. The van der Waals surface area contributed by atoms with Gasteiger partial charge in [0, 0.05) is 25.5 Å². The van der Waals surface area contributed by atoms with Gasteiger partial charge in [0.1, 0.15) is 25.1 Å². The van der Waals surface area contributed by atoms with Gasteiger partial charge in [-0.15, -0.1) is 0 Å². The van der Waals surface area contributed by atoms with E-state index in [1.54, 1.807) is 18.1 Å². The number of amides is 2. The second-order valence-corrected chi connectivity index (χ2v) is 7.65. The van der Waals surface area contributed by atoms with Gasteiger partial charge in [0.25, 0.3) is 0 Å². The molecule has 0 radical (unpaired) electrons. The van der Waals surface area contributed by atoms with Crippen LogP contribution in [0.3, 0.4) is 0 Å². The number of aromatic nitrogens is 3. The molecule has 2 aromatic heterocycles. The van der Waals surface area contributed by atoms with Gasteiger partial charge in [-0.2, -0.15) is 5.10 Å². The van der Waals surface area contributed by atoms with Crippen molar-refractivity contribution in [1.82, 2.24) is 19.7 Å². The number of hydrogen-bond donors (Lipinski definition) is 1. The Bertz CT molecular complexity index is 1160. The Morgan fingerprint density at radius 3 is 2.66 bits per heavy atom. The third kappa shape index (κ3) is 7.81. The highest BCUT2D eigenvalue weighted by molar-refractivity contribution is 5.90.